The molecule has 1 atom stereocenters. The third-order valence-electron chi connectivity index (χ3n) is 7.44. The van der Waals surface area contributed by atoms with Crippen molar-refractivity contribution >= 4 is 22.0 Å². The molecule has 1 aliphatic rings. The molecule has 1 heterocycles. The van der Waals surface area contributed by atoms with Crippen molar-refractivity contribution in [2.75, 3.05) is 32.1 Å². The highest BCUT2D eigenvalue weighted by Gasteiger charge is 2.23. The van der Waals surface area contributed by atoms with E-state index >= 15 is 0 Å². The Labute approximate surface area is 262 Å². The first-order chi connectivity index (χ1) is 21.6. The van der Waals surface area contributed by atoms with Crippen molar-refractivity contribution in [3.05, 3.63) is 78.1 Å². The van der Waals surface area contributed by atoms with Gasteiger partial charge in [-0.2, -0.15) is 0 Å². The minimum atomic E-state index is -3.92. The molecular formula is C32H39N3O9S. The highest BCUT2D eigenvalue weighted by Crippen LogP contribution is 2.32. The minimum Gasteiger partial charge on any atom is -0.492 e. The molecule has 1 fully saturated rings. The van der Waals surface area contributed by atoms with Crippen LogP contribution in [0.4, 0.5) is 4.79 Å². The molecule has 4 rings (SSSR count). The summed E-state index contributed by atoms with van der Waals surface area (Å²) in [6.45, 7) is -0.329. The van der Waals surface area contributed by atoms with Gasteiger partial charge in [0.05, 0.1) is 36.6 Å². The van der Waals surface area contributed by atoms with Crippen LogP contribution in [0.5, 0.6) is 11.5 Å². The third-order valence-corrected chi connectivity index (χ3v) is 8.76. The normalized spacial score (nSPS) is 14.4. The summed E-state index contributed by atoms with van der Waals surface area (Å²) < 4.78 is 38.7. The molecule has 242 valence electrons. The maximum absolute atomic E-state index is 13.0. The van der Waals surface area contributed by atoms with Crippen molar-refractivity contribution < 1.29 is 42.8 Å². The van der Waals surface area contributed by atoms with Crippen molar-refractivity contribution in [2.45, 2.75) is 50.7 Å². The number of carbonyl (C=O) groups excluding carboxylic acids is 1. The van der Waals surface area contributed by atoms with Crippen molar-refractivity contribution in [3.8, 4) is 22.6 Å². The van der Waals surface area contributed by atoms with Gasteiger partial charge in [0.1, 0.15) is 18.1 Å². The lowest BCUT2D eigenvalue weighted by Gasteiger charge is -2.24. The second-order valence-corrected chi connectivity index (χ2v) is 12.7. The van der Waals surface area contributed by atoms with E-state index in [-0.39, 0.29) is 55.9 Å². The summed E-state index contributed by atoms with van der Waals surface area (Å²) >= 11 is 0. The van der Waals surface area contributed by atoms with E-state index in [0.717, 1.165) is 48.1 Å². The molecule has 12 nitrogen and oxygen atoms in total. The fourth-order valence-corrected chi connectivity index (χ4v) is 6.02. The summed E-state index contributed by atoms with van der Waals surface area (Å²) in [5, 5.41) is 28.9. The number of benzene rings is 2. The van der Waals surface area contributed by atoms with E-state index in [2.05, 4.69) is 9.71 Å². The van der Waals surface area contributed by atoms with Crippen LogP contribution < -0.4 is 14.2 Å². The zero-order valence-corrected chi connectivity index (χ0v) is 25.7. The van der Waals surface area contributed by atoms with Crippen LogP contribution in [0.15, 0.2) is 67.0 Å². The first kappa shape index (κ1) is 33.7. The minimum absolute atomic E-state index is 0.0137. The Morgan fingerprint density at radius 1 is 1.04 bits per heavy atom. The Morgan fingerprint density at radius 2 is 1.78 bits per heavy atom. The smallest absolute Gasteiger partial charge is 0.407 e. The van der Waals surface area contributed by atoms with Gasteiger partial charge in [0, 0.05) is 24.6 Å². The third kappa shape index (κ3) is 10.2. The topological polar surface area (TPSA) is 176 Å². The summed E-state index contributed by atoms with van der Waals surface area (Å²) in [4.78, 5) is 29.7. The monoisotopic (exact) mass is 641 g/mol. The fraction of sp³-hybridized carbons (Fsp3) is 0.406. The second kappa shape index (κ2) is 16.2. The van der Waals surface area contributed by atoms with Crippen LogP contribution in [-0.4, -0.2) is 83.8 Å². The number of carboxylic acid groups (broad SMARTS) is 1. The fourth-order valence-electron chi connectivity index (χ4n) is 5.02. The Hall–Kier alpha value is -4.20. The maximum Gasteiger partial charge on any atom is 0.407 e. The van der Waals surface area contributed by atoms with E-state index in [1.807, 2.05) is 12.1 Å². The lowest BCUT2D eigenvalue weighted by atomic mass is 9.97. The number of nitrogens with one attached hydrogen (secondary N) is 1. The molecule has 0 aliphatic heterocycles. The number of amides is 2. The SMILES string of the molecule is O=C(NS(=O)(=O)CCCO)c1ccc(-c2ccc(OCCN(C[C@@H](O)c3cccnc3)C(=O)O)cc2)cc1OC1CCCCC1. The number of carbonyl (C=O) groups is 2. The first-order valence-corrected chi connectivity index (χ1v) is 16.6. The zero-order chi connectivity index (χ0) is 32.2. The molecule has 1 aromatic heterocycles. The van der Waals surface area contributed by atoms with E-state index in [1.165, 1.54) is 12.3 Å². The number of aliphatic hydroxyl groups excluding tert-OH is 2. The van der Waals surface area contributed by atoms with Crippen LogP contribution in [0.1, 0.15) is 60.6 Å². The molecule has 0 radical (unpaired) electrons. The highest BCUT2D eigenvalue weighted by atomic mass is 32.2. The van der Waals surface area contributed by atoms with Crippen LogP contribution in [0, 0.1) is 0 Å². The average Bonchev–Trinajstić information content (AvgIpc) is 3.04. The predicted octanol–water partition coefficient (Wildman–Crippen LogP) is 3.99. The van der Waals surface area contributed by atoms with Gasteiger partial charge in [-0.05, 0) is 73.6 Å². The Morgan fingerprint density at radius 3 is 2.44 bits per heavy atom. The first-order valence-electron chi connectivity index (χ1n) is 14.9. The van der Waals surface area contributed by atoms with E-state index in [4.69, 9.17) is 14.6 Å². The molecular weight excluding hydrogens is 602 g/mol. The number of nitrogens with zero attached hydrogens (tertiary/aromatic N) is 2. The summed E-state index contributed by atoms with van der Waals surface area (Å²) in [6, 6.07) is 15.4. The molecule has 2 aromatic carbocycles. The quantitative estimate of drug-likeness (QED) is 0.190. The van der Waals surface area contributed by atoms with Crippen LogP contribution in [0.2, 0.25) is 0 Å². The summed E-state index contributed by atoms with van der Waals surface area (Å²) in [7, 11) is -3.92. The van der Waals surface area contributed by atoms with E-state index < -0.39 is 28.1 Å². The molecule has 13 heteroatoms. The highest BCUT2D eigenvalue weighted by molar-refractivity contribution is 7.90. The second-order valence-electron chi connectivity index (χ2n) is 10.8. The molecule has 45 heavy (non-hydrogen) atoms. The standard InChI is InChI=1S/C32H39N3O9S/c36-17-5-19-45(41,42)34-31(38)28-14-11-24(20-30(28)44-27-7-2-1-3-8-27)23-9-12-26(13-10-23)43-18-16-35(32(39)40)22-29(37)25-6-4-15-33-21-25/h4,6,9-15,20-21,27,29,36-37H,1-3,5,7-8,16-19,22H2,(H,34,38)(H,39,40)/t29-/m1/s1. The molecule has 1 saturated carbocycles. The van der Waals surface area contributed by atoms with Crippen molar-refractivity contribution in [1.29, 1.82) is 0 Å². The zero-order valence-electron chi connectivity index (χ0n) is 24.9. The van der Waals surface area contributed by atoms with Gasteiger partial charge in [-0.3, -0.25) is 9.78 Å². The number of ether oxygens (including phenoxy) is 2. The van der Waals surface area contributed by atoms with Crippen molar-refractivity contribution in [1.82, 2.24) is 14.6 Å². The van der Waals surface area contributed by atoms with Crippen molar-refractivity contribution in [2.24, 2.45) is 0 Å². The predicted molar refractivity (Wildman–Crippen MR) is 167 cm³/mol. The number of pyridine rings is 1. The number of hydrogen-bond acceptors (Lipinski definition) is 9. The van der Waals surface area contributed by atoms with E-state index in [0.29, 0.717) is 11.3 Å². The number of hydrogen-bond donors (Lipinski definition) is 4. The maximum atomic E-state index is 13.0. The van der Waals surface area contributed by atoms with Crippen molar-refractivity contribution in [3.63, 3.8) is 0 Å². The summed E-state index contributed by atoms with van der Waals surface area (Å²) in [6.07, 6.45) is 5.61. The van der Waals surface area contributed by atoms with Gasteiger partial charge in [0.2, 0.25) is 10.0 Å². The number of aromatic nitrogens is 1. The van der Waals surface area contributed by atoms with Gasteiger partial charge >= 0.3 is 6.09 Å². The van der Waals surface area contributed by atoms with Crippen LogP contribution >= 0.6 is 0 Å². The van der Waals surface area contributed by atoms with Crippen LogP contribution in [0.3, 0.4) is 0 Å². The van der Waals surface area contributed by atoms with Crippen LogP contribution in [-0.2, 0) is 10.0 Å². The average molecular weight is 642 g/mol. The van der Waals surface area contributed by atoms with Gasteiger partial charge in [0.15, 0.2) is 0 Å². The number of sulfonamides is 1. The van der Waals surface area contributed by atoms with Gasteiger partial charge in [-0.1, -0.05) is 30.7 Å². The lowest BCUT2D eigenvalue weighted by molar-refractivity contribution is 0.0892. The molecule has 0 bridgehead atoms. The number of rotatable bonds is 15. The van der Waals surface area contributed by atoms with Gasteiger partial charge in [0.25, 0.3) is 5.91 Å². The Kier molecular flexibility index (Phi) is 12.1. The van der Waals surface area contributed by atoms with Gasteiger partial charge in [-0.15, -0.1) is 0 Å². The summed E-state index contributed by atoms with van der Waals surface area (Å²) in [5.74, 6) is -0.365. The summed E-state index contributed by atoms with van der Waals surface area (Å²) in [5.41, 5.74) is 2.16. The molecule has 3 aromatic rings. The van der Waals surface area contributed by atoms with Crippen LogP contribution in [0.25, 0.3) is 11.1 Å². The molecule has 0 unspecified atom stereocenters. The molecule has 0 spiro atoms. The van der Waals surface area contributed by atoms with E-state index in [1.54, 1.807) is 42.6 Å². The van der Waals surface area contributed by atoms with Gasteiger partial charge in [-0.25, -0.2) is 17.9 Å². The molecule has 4 N–H and O–H groups in total. The van der Waals surface area contributed by atoms with Gasteiger partial charge < -0.3 is 29.7 Å². The number of aliphatic hydroxyl groups is 2. The van der Waals surface area contributed by atoms with E-state index in [9.17, 15) is 28.2 Å². The largest absolute Gasteiger partial charge is 0.492 e. The molecule has 1 aliphatic carbocycles. The lowest BCUT2D eigenvalue weighted by Crippen LogP contribution is -2.36. The molecule has 0 saturated heterocycles. The Bertz CT molecular complexity index is 1510. The molecule has 2 amide bonds. The Balaban J connectivity index is 1.42.